The summed E-state index contributed by atoms with van der Waals surface area (Å²) in [6.07, 6.45) is 3.25. The molecular formula is C9H11BrZn. The Labute approximate surface area is 85.4 Å². The molecule has 0 aliphatic rings. The average molecular weight is 264 g/mol. The van der Waals surface area contributed by atoms with Gasteiger partial charge < -0.3 is 6.42 Å². The zero-order valence-corrected chi connectivity index (χ0v) is 11.3. The molecule has 0 amide bonds. The van der Waals surface area contributed by atoms with Crippen LogP contribution in [-0.2, 0) is 22.8 Å². The first-order valence-corrected chi connectivity index (χ1v) is 10.5. The van der Waals surface area contributed by atoms with Crippen molar-refractivity contribution in [1.82, 2.24) is 0 Å². The Morgan fingerprint density at radius 2 is 1.82 bits per heavy atom. The molecule has 0 atom stereocenters. The van der Waals surface area contributed by atoms with E-state index < -0.39 is 0 Å². The monoisotopic (exact) mass is 262 g/mol. The summed E-state index contributed by atoms with van der Waals surface area (Å²) in [5.74, 6) is 0. The minimum atomic E-state index is 1.08. The average Bonchev–Trinajstić information content (AvgIpc) is 2.11. The number of hydrogen-bond acceptors (Lipinski definition) is 0. The van der Waals surface area contributed by atoms with E-state index in [4.69, 9.17) is 0 Å². The van der Waals surface area contributed by atoms with Crippen LogP contribution in [0.4, 0.5) is 0 Å². The number of benzene rings is 1. The van der Waals surface area contributed by atoms with Crippen molar-refractivity contribution in [3.8, 4) is 0 Å². The van der Waals surface area contributed by atoms with E-state index in [2.05, 4.69) is 51.2 Å². The summed E-state index contributed by atoms with van der Waals surface area (Å²) in [5.41, 5.74) is 1.39. The molecule has 0 saturated heterocycles. The molecule has 0 N–H and O–H groups in total. The summed E-state index contributed by atoms with van der Waals surface area (Å²) in [6.45, 7) is 2.08. The summed E-state index contributed by atoms with van der Waals surface area (Å²) in [7, 11) is 0. The van der Waals surface area contributed by atoms with Gasteiger partial charge in [0.1, 0.15) is 0 Å². The Morgan fingerprint density at radius 1 is 1.27 bits per heavy atom. The zero-order valence-electron chi connectivity index (χ0n) is 6.76. The molecule has 2 heteroatoms. The molecule has 1 rings (SSSR count). The zero-order chi connectivity index (χ0) is 8.53. The fourth-order valence-corrected chi connectivity index (χ4v) is 0.850. The van der Waals surface area contributed by atoms with Crippen LogP contribution in [-0.4, -0.2) is 0 Å². The Morgan fingerprint density at radius 3 is 2.27 bits per heavy atom. The van der Waals surface area contributed by atoms with Crippen LogP contribution in [0.25, 0.3) is 0 Å². The van der Waals surface area contributed by atoms with E-state index >= 15 is 0 Å². The van der Waals surface area contributed by atoms with Crippen LogP contribution < -0.4 is 0 Å². The van der Waals surface area contributed by atoms with Crippen LogP contribution in [0.15, 0.2) is 30.3 Å². The molecule has 0 unspecified atom stereocenters. The molecule has 0 heterocycles. The Bertz CT molecular complexity index is 162. The summed E-state index contributed by atoms with van der Waals surface area (Å²) >= 11 is 4.25. The molecule has 0 aliphatic carbocycles. The number of hydrogen-bond donors (Lipinski definition) is 0. The molecule has 0 bridgehead atoms. The van der Waals surface area contributed by atoms with Gasteiger partial charge >= 0.3 is 30.0 Å². The molecule has 1 aromatic rings. The fourth-order valence-electron chi connectivity index (χ4n) is 0.850. The summed E-state index contributed by atoms with van der Waals surface area (Å²) in [4.78, 5) is 0. The van der Waals surface area contributed by atoms with Gasteiger partial charge in [-0.15, -0.1) is 0 Å². The quantitative estimate of drug-likeness (QED) is 0.568. The Kier molecular flexibility index (Phi) is 8.67. The van der Waals surface area contributed by atoms with E-state index in [1.807, 2.05) is 6.07 Å². The third kappa shape index (κ3) is 5.58. The minimum absolute atomic E-state index is 1.08. The maximum absolute atomic E-state index is 3.06. The van der Waals surface area contributed by atoms with E-state index in [0.29, 0.717) is 0 Å². The maximum atomic E-state index is 3.06. The molecule has 11 heavy (non-hydrogen) atoms. The van der Waals surface area contributed by atoms with Gasteiger partial charge in [-0.05, 0) is 0 Å². The molecular weight excluding hydrogens is 253 g/mol. The van der Waals surface area contributed by atoms with Crippen LogP contribution in [0.5, 0.6) is 0 Å². The van der Waals surface area contributed by atoms with E-state index in [1.54, 1.807) is 0 Å². The van der Waals surface area contributed by atoms with Gasteiger partial charge in [-0.25, -0.2) is 0 Å². The number of rotatable bonds is 2. The van der Waals surface area contributed by atoms with Gasteiger partial charge in [-0.1, -0.05) is 35.9 Å². The van der Waals surface area contributed by atoms with Crippen molar-refractivity contribution in [2.45, 2.75) is 13.3 Å². The van der Waals surface area contributed by atoms with Crippen molar-refractivity contribution in [2.24, 2.45) is 0 Å². The molecule has 0 aliphatic heterocycles. The second kappa shape index (κ2) is 8.42. The van der Waals surface area contributed by atoms with Crippen molar-refractivity contribution in [3.05, 3.63) is 42.3 Å². The standard InChI is InChI=1S/C9H11.BrH.Zn/c1-2-6-9-7-4-3-5-8-9;;/h2-5,7-8H,6H2,1H3;1H;/q-1;;+2/p-1. The van der Waals surface area contributed by atoms with E-state index in [0.717, 1.165) is 6.42 Å². The van der Waals surface area contributed by atoms with Crippen LogP contribution >= 0.6 is 13.6 Å². The van der Waals surface area contributed by atoms with Gasteiger partial charge in [0.05, 0.1) is 0 Å². The van der Waals surface area contributed by atoms with Gasteiger partial charge in [-0.2, -0.15) is 13.3 Å². The van der Waals surface area contributed by atoms with Gasteiger partial charge in [-0.3, -0.25) is 0 Å². The van der Waals surface area contributed by atoms with Crippen LogP contribution in [0.3, 0.4) is 0 Å². The predicted octanol–water partition coefficient (Wildman–Crippen LogP) is 3.30. The van der Waals surface area contributed by atoms with Crippen LogP contribution in [0.2, 0.25) is 0 Å². The molecule has 0 saturated carbocycles. The van der Waals surface area contributed by atoms with Gasteiger partial charge in [0.15, 0.2) is 0 Å². The first-order valence-electron chi connectivity index (χ1n) is 3.52. The summed E-state index contributed by atoms with van der Waals surface area (Å²) in [5, 5.41) is 0. The molecule has 0 radical (unpaired) electrons. The van der Waals surface area contributed by atoms with Crippen molar-refractivity contribution in [2.75, 3.05) is 0 Å². The van der Waals surface area contributed by atoms with Crippen molar-refractivity contribution < 1.29 is 16.3 Å². The molecule has 56 valence electrons. The number of halogens is 1. The predicted molar refractivity (Wildman–Crippen MR) is 49.0 cm³/mol. The molecule has 0 nitrogen and oxygen atoms in total. The second-order valence-electron chi connectivity index (χ2n) is 2.10. The first-order chi connectivity index (χ1) is 5.43. The first kappa shape index (κ1) is 11.3. The van der Waals surface area contributed by atoms with E-state index in [1.165, 1.54) is 21.9 Å². The van der Waals surface area contributed by atoms with Gasteiger partial charge in [0, 0.05) is 0 Å². The van der Waals surface area contributed by atoms with Gasteiger partial charge in [0.25, 0.3) is 0 Å². The van der Waals surface area contributed by atoms with Crippen molar-refractivity contribution in [3.63, 3.8) is 0 Å². The Hall–Kier alpha value is 0.323. The SMILES string of the molecule is C[CH-]Cc1ccccc1.[Zn+][Br]. The van der Waals surface area contributed by atoms with Gasteiger partial charge in [0.2, 0.25) is 0 Å². The molecule has 0 aromatic heterocycles. The third-order valence-electron chi connectivity index (χ3n) is 1.28. The summed E-state index contributed by atoms with van der Waals surface area (Å²) < 4.78 is 0. The van der Waals surface area contributed by atoms with Crippen molar-refractivity contribution >= 4 is 13.6 Å². The third-order valence-corrected chi connectivity index (χ3v) is 1.28. The van der Waals surface area contributed by atoms with Crippen LogP contribution in [0.1, 0.15) is 12.5 Å². The second-order valence-corrected chi connectivity index (χ2v) is 2.10. The normalized spacial score (nSPS) is 8.36. The van der Waals surface area contributed by atoms with E-state index in [-0.39, 0.29) is 0 Å². The molecule has 0 fully saturated rings. The summed E-state index contributed by atoms with van der Waals surface area (Å²) in [6, 6.07) is 10.5. The molecule has 0 spiro atoms. The topological polar surface area (TPSA) is 0 Å². The Balaban J connectivity index is 0.000000461. The van der Waals surface area contributed by atoms with Crippen molar-refractivity contribution in [1.29, 1.82) is 0 Å². The molecule has 1 aromatic carbocycles. The fraction of sp³-hybridized carbons (Fsp3) is 0.222. The van der Waals surface area contributed by atoms with Crippen LogP contribution in [0, 0.1) is 6.42 Å². The van der Waals surface area contributed by atoms with E-state index in [9.17, 15) is 0 Å².